The van der Waals surface area contributed by atoms with Gasteiger partial charge in [0.05, 0.1) is 0 Å². The summed E-state index contributed by atoms with van der Waals surface area (Å²) in [6.07, 6.45) is 23.6. The highest BCUT2D eigenvalue weighted by molar-refractivity contribution is 5.67. The van der Waals surface area contributed by atoms with Gasteiger partial charge in [-0.05, 0) is 55.9 Å². The van der Waals surface area contributed by atoms with E-state index in [1.54, 1.807) is 0 Å². The summed E-state index contributed by atoms with van der Waals surface area (Å²) in [7, 11) is 0. The van der Waals surface area contributed by atoms with E-state index in [9.17, 15) is 9.90 Å². The smallest absolute Gasteiger partial charge is 0.303 e. The molecule has 0 aromatic heterocycles. The molecule has 2 heteroatoms. The highest BCUT2D eigenvalue weighted by atomic mass is 16.4. The molecule has 31 heavy (non-hydrogen) atoms. The lowest BCUT2D eigenvalue weighted by atomic mass is 9.87. The third kappa shape index (κ3) is 15.8. The predicted octanol–water partition coefficient (Wildman–Crippen LogP) is 8.99. The molecule has 2 nitrogen and oxygen atoms in total. The fraction of sp³-hybridized carbons (Fsp3) is 0.690. The zero-order valence-corrected chi connectivity index (χ0v) is 20.4. The molecule has 2 atom stereocenters. The van der Waals surface area contributed by atoms with Crippen LogP contribution in [0.2, 0.25) is 0 Å². The molecule has 0 heterocycles. The molecular formula is C29H48O2. The molecule has 1 rings (SSSR count). The summed E-state index contributed by atoms with van der Waals surface area (Å²) < 4.78 is 0. The normalized spacial score (nSPS) is 13.5. The molecule has 1 aromatic rings. The highest BCUT2D eigenvalue weighted by Gasteiger charge is 2.15. The number of rotatable bonds is 20. The second kappa shape index (κ2) is 19.1. The van der Waals surface area contributed by atoms with Crippen LogP contribution in [0.25, 0.3) is 0 Å². The molecular weight excluding hydrogens is 380 g/mol. The van der Waals surface area contributed by atoms with Gasteiger partial charge in [0.15, 0.2) is 0 Å². The number of unbranched alkanes of at least 4 members (excludes halogenated alkanes) is 6. The van der Waals surface area contributed by atoms with Crippen LogP contribution in [-0.4, -0.2) is 11.1 Å². The number of carboxylic acid groups (broad SMARTS) is 1. The van der Waals surface area contributed by atoms with Crippen LogP contribution in [0, 0.1) is 11.8 Å². The third-order valence-corrected chi connectivity index (χ3v) is 6.45. The molecule has 0 radical (unpaired) electrons. The van der Waals surface area contributed by atoms with Gasteiger partial charge in [-0.25, -0.2) is 0 Å². The standard InChI is InChI=1S/C29H48O2/c1-3-5-7-8-9-10-13-18-26(17-12-6-4-2)21-16-22-28(25-29(30)31)24-23-27-19-14-11-15-20-27/h10-11,13-15,19-20,26,28H,3-9,12,16-18,21-25H2,1-2H3,(H,30,31). The van der Waals surface area contributed by atoms with Crippen molar-refractivity contribution >= 4 is 5.97 Å². The Labute approximate surface area is 192 Å². The van der Waals surface area contributed by atoms with E-state index >= 15 is 0 Å². The van der Waals surface area contributed by atoms with Crippen molar-refractivity contribution in [1.82, 2.24) is 0 Å². The third-order valence-electron chi connectivity index (χ3n) is 6.45. The van der Waals surface area contributed by atoms with Crippen molar-refractivity contribution in [2.45, 2.75) is 117 Å². The summed E-state index contributed by atoms with van der Waals surface area (Å²) in [5, 5.41) is 9.34. The van der Waals surface area contributed by atoms with E-state index in [1.165, 1.54) is 76.2 Å². The van der Waals surface area contributed by atoms with Gasteiger partial charge in [-0.1, -0.05) is 114 Å². The number of aryl methyl sites for hydroxylation is 1. The Hall–Kier alpha value is -1.57. The van der Waals surface area contributed by atoms with Gasteiger partial charge in [0, 0.05) is 6.42 Å². The van der Waals surface area contributed by atoms with Gasteiger partial charge in [-0.15, -0.1) is 0 Å². The van der Waals surface area contributed by atoms with Crippen LogP contribution in [0.15, 0.2) is 42.5 Å². The molecule has 1 aromatic carbocycles. The molecule has 0 spiro atoms. The zero-order chi connectivity index (χ0) is 22.6. The maximum atomic E-state index is 11.4. The number of aliphatic carboxylic acids is 1. The van der Waals surface area contributed by atoms with E-state index in [1.807, 2.05) is 6.07 Å². The lowest BCUT2D eigenvalue weighted by molar-refractivity contribution is -0.138. The Morgan fingerprint density at radius 1 is 0.806 bits per heavy atom. The van der Waals surface area contributed by atoms with Crippen molar-refractivity contribution in [3.05, 3.63) is 48.0 Å². The summed E-state index contributed by atoms with van der Waals surface area (Å²) in [4.78, 5) is 11.4. The first kappa shape index (κ1) is 27.5. The van der Waals surface area contributed by atoms with Crippen LogP contribution in [0.1, 0.15) is 116 Å². The Morgan fingerprint density at radius 3 is 2.19 bits per heavy atom. The zero-order valence-electron chi connectivity index (χ0n) is 20.4. The van der Waals surface area contributed by atoms with Crippen molar-refractivity contribution in [2.24, 2.45) is 11.8 Å². The minimum absolute atomic E-state index is 0.295. The monoisotopic (exact) mass is 428 g/mol. The Kier molecular flexibility index (Phi) is 17.0. The number of hydrogen-bond donors (Lipinski definition) is 1. The predicted molar refractivity (Wildman–Crippen MR) is 135 cm³/mol. The van der Waals surface area contributed by atoms with Crippen molar-refractivity contribution < 1.29 is 9.90 Å². The largest absolute Gasteiger partial charge is 0.481 e. The molecule has 0 bridgehead atoms. The average Bonchev–Trinajstić information content (AvgIpc) is 2.76. The van der Waals surface area contributed by atoms with Crippen LogP contribution in [0.4, 0.5) is 0 Å². The molecule has 0 fully saturated rings. The second-order valence-corrected chi connectivity index (χ2v) is 9.34. The van der Waals surface area contributed by atoms with E-state index < -0.39 is 5.97 Å². The summed E-state index contributed by atoms with van der Waals surface area (Å²) in [5.41, 5.74) is 1.32. The summed E-state index contributed by atoms with van der Waals surface area (Å²) >= 11 is 0. The van der Waals surface area contributed by atoms with E-state index in [2.05, 4.69) is 50.3 Å². The molecule has 176 valence electrons. The molecule has 0 amide bonds. The van der Waals surface area contributed by atoms with Crippen molar-refractivity contribution in [2.75, 3.05) is 0 Å². The quantitative estimate of drug-likeness (QED) is 0.166. The average molecular weight is 429 g/mol. The molecule has 0 aliphatic rings. The van der Waals surface area contributed by atoms with E-state index in [0.717, 1.165) is 31.6 Å². The van der Waals surface area contributed by atoms with Gasteiger partial charge in [0.1, 0.15) is 0 Å². The number of hydrogen-bond acceptors (Lipinski definition) is 1. The topological polar surface area (TPSA) is 37.3 Å². The van der Waals surface area contributed by atoms with Crippen molar-refractivity contribution in [3.8, 4) is 0 Å². The highest BCUT2D eigenvalue weighted by Crippen LogP contribution is 2.25. The van der Waals surface area contributed by atoms with E-state index in [-0.39, 0.29) is 0 Å². The van der Waals surface area contributed by atoms with Gasteiger partial charge < -0.3 is 5.11 Å². The van der Waals surface area contributed by atoms with Crippen molar-refractivity contribution in [3.63, 3.8) is 0 Å². The fourth-order valence-electron chi connectivity index (χ4n) is 4.46. The molecule has 1 N–H and O–H groups in total. The van der Waals surface area contributed by atoms with Gasteiger partial charge in [0.2, 0.25) is 0 Å². The second-order valence-electron chi connectivity index (χ2n) is 9.34. The van der Waals surface area contributed by atoms with Crippen LogP contribution in [0.3, 0.4) is 0 Å². The van der Waals surface area contributed by atoms with Crippen LogP contribution in [-0.2, 0) is 11.2 Å². The Balaban J connectivity index is 2.42. The van der Waals surface area contributed by atoms with Crippen LogP contribution in [0.5, 0.6) is 0 Å². The summed E-state index contributed by atoms with van der Waals surface area (Å²) in [5.74, 6) is 0.407. The molecule has 0 saturated carbocycles. The van der Waals surface area contributed by atoms with E-state index in [4.69, 9.17) is 0 Å². The van der Waals surface area contributed by atoms with Gasteiger partial charge >= 0.3 is 5.97 Å². The lowest BCUT2D eigenvalue weighted by Crippen LogP contribution is -2.10. The fourth-order valence-corrected chi connectivity index (χ4v) is 4.46. The van der Waals surface area contributed by atoms with Crippen LogP contribution < -0.4 is 0 Å². The van der Waals surface area contributed by atoms with E-state index in [0.29, 0.717) is 12.3 Å². The number of benzene rings is 1. The SMILES string of the molecule is CCCCCCC=CCC(CCCCC)CCCC(CCc1ccccc1)CC(=O)O. The van der Waals surface area contributed by atoms with Crippen LogP contribution >= 0.6 is 0 Å². The number of carboxylic acids is 1. The first-order valence-corrected chi connectivity index (χ1v) is 13.1. The maximum absolute atomic E-state index is 11.4. The Bertz CT molecular complexity index is 563. The van der Waals surface area contributed by atoms with Gasteiger partial charge in [0.25, 0.3) is 0 Å². The number of allylic oxidation sites excluding steroid dienone is 2. The maximum Gasteiger partial charge on any atom is 0.303 e. The van der Waals surface area contributed by atoms with Gasteiger partial charge in [-0.2, -0.15) is 0 Å². The molecule has 0 aliphatic heterocycles. The Morgan fingerprint density at radius 2 is 1.48 bits per heavy atom. The molecule has 2 unspecified atom stereocenters. The van der Waals surface area contributed by atoms with Gasteiger partial charge in [-0.3, -0.25) is 4.79 Å². The minimum atomic E-state index is -0.649. The minimum Gasteiger partial charge on any atom is -0.481 e. The summed E-state index contributed by atoms with van der Waals surface area (Å²) in [6, 6.07) is 10.5. The molecule has 0 saturated heterocycles. The first-order valence-electron chi connectivity index (χ1n) is 13.1. The lowest BCUT2D eigenvalue weighted by Gasteiger charge is -2.18. The first-order chi connectivity index (χ1) is 15.2. The number of carbonyl (C=O) groups is 1. The van der Waals surface area contributed by atoms with Crippen molar-refractivity contribution in [1.29, 1.82) is 0 Å². The summed E-state index contributed by atoms with van der Waals surface area (Å²) in [6.45, 7) is 4.54. The molecule has 0 aliphatic carbocycles.